The summed E-state index contributed by atoms with van der Waals surface area (Å²) in [4.78, 5) is 31.5. The summed E-state index contributed by atoms with van der Waals surface area (Å²) in [7, 11) is 0. The number of nitrogens with one attached hydrogen (secondary N) is 2. The van der Waals surface area contributed by atoms with Crippen LogP contribution in [-0.4, -0.2) is 57.3 Å². The summed E-state index contributed by atoms with van der Waals surface area (Å²) in [5.41, 5.74) is 2.20. The van der Waals surface area contributed by atoms with Gasteiger partial charge in [0.1, 0.15) is 0 Å². The number of aromatic hydroxyl groups is 2. The minimum atomic E-state index is -0.507. The van der Waals surface area contributed by atoms with Crippen molar-refractivity contribution in [2.24, 2.45) is 0 Å². The Bertz CT molecular complexity index is 1270. The molecule has 0 atom stereocenters. The Labute approximate surface area is 259 Å². The molecule has 2 aliphatic heterocycles. The number of carbonyl (C=O) groups is 1. The van der Waals surface area contributed by atoms with Gasteiger partial charge in [-0.3, -0.25) is 4.79 Å². The first-order valence-corrected chi connectivity index (χ1v) is 12.9. The van der Waals surface area contributed by atoms with Crippen LogP contribution >= 0.6 is 12.4 Å². The van der Waals surface area contributed by atoms with E-state index in [4.69, 9.17) is 15.0 Å². The molecule has 0 aliphatic carbocycles. The third kappa shape index (κ3) is 8.77. The summed E-state index contributed by atoms with van der Waals surface area (Å²) in [6, 6.07) is 9.82. The largest absolute Gasteiger partial charge is 0.504 e. The van der Waals surface area contributed by atoms with E-state index in [0.29, 0.717) is 23.5 Å². The van der Waals surface area contributed by atoms with E-state index >= 15 is 0 Å². The van der Waals surface area contributed by atoms with E-state index in [2.05, 4.69) is 20.4 Å². The minimum absolute atomic E-state index is 0. The number of rotatable bonds is 6. The molecule has 5 rings (SSSR count). The van der Waals surface area contributed by atoms with E-state index in [1.807, 2.05) is 19.1 Å². The second-order valence-corrected chi connectivity index (χ2v) is 9.64. The van der Waals surface area contributed by atoms with Crippen LogP contribution in [-0.2, 0) is 0 Å². The molecule has 3 heterocycles. The molecule has 0 unspecified atom stereocenters. The number of phenolic OH excluding ortho intramolecular Hbond substituents is 2. The van der Waals surface area contributed by atoms with Gasteiger partial charge in [0.25, 0.3) is 5.91 Å². The van der Waals surface area contributed by atoms with Gasteiger partial charge in [-0.25, -0.2) is 0 Å². The van der Waals surface area contributed by atoms with Gasteiger partial charge in [-0.05, 0) is 81.3 Å². The normalized spacial score (nSPS) is 14.0. The zero-order valence-electron chi connectivity index (χ0n) is 24.3. The lowest BCUT2D eigenvalue weighted by atomic mass is 10.1. The number of hydrogen-bond acceptors (Lipinski definition) is 13. The van der Waals surface area contributed by atoms with Gasteiger partial charge < -0.3 is 55.2 Å². The predicted molar refractivity (Wildman–Crippen MR) is 180 cm³/mol. The van der Waals surface area contributed by atoms with Gasteiger partial charge in [0.05, 0.1) is 5.56 Å². The number of para-hydroxylation sites is 1. The van der Waals surface area contributed by atoms with Crippen LogP contribution in [0.25, 0.3) is 0 Å². The fourth-order valence-corrected chi connectivity index (χ4v) is 4.80. The van der Waals surface area contributed by atoms with Crippen LogP contribution in [0.5, 0.6) is 11.5 Å². The smallest absolute Gasteiger partial charge is 0.259 e. The summed E-state index contributed by atoms with van der Waals surface area (Å²) in [6.07, 6.45) is 7.03. The Balaban J connectivity index is -0.000000623. The van der Waals surface area contributed by atoms with E-state index in [9.17, 15) is 15.0 Å². The van der Waals surface area contributed by atoms with Crippen molar-refractivity contribution in [1.82, 2.24) is 39.6 Å². The zero-order valence-corrected chi connectivity index (χ0v) is 25.1. The Kier molecular flexibility index (Phi) is 15.5. The number of aromatic nitrogens is 3. The molecular formula is C27H54ClN11O3. The lowest BCUT2D eigenvalue weighted by Crippen LogP contribution is -2.34. The molecule has 0 spiro atoms. The topological polar surface area (TPSA) is 267 Å². The highest BCUT2D eigenvalue weighted by Gasteiger charge is 2.21. The van der Waals surface area contributed by atoms with E-state index in [1.54, 1.807) is 6.07 Å². The van der Waals surface area contributed by atoms with Crippen LogP contribution in [0.15, 0.2) is 36.4 Å². The van der Waals surface area contributed by atoms with Gasteiger partial charge in [0.15, 0.2) is 11.5 Å². The van der Waals surface area contributed by atoms with Crippen molar-refractivity contribution in [3.8, 4) is 11.5 Å². The summed E-state index contributed by atoms with van der Waals surface area (Å²) in [6.45, 7) is 5.68. The van der Waals surface area contributed by atoms with Crippen LogP contribution in [0.4, 0.5) is 29.2 Å². The van der Waals surface area contributed by atoms with Crippen LogP contribution in [0, 0.1) is 6.92 Å². The highest BCUT2D eigenvalue weighted by atomic mass is 35.5. The number of phenols is 2. The monoisotopic (exact) mass is 615 g/mol. The van der Waals surface area contributed by atoms with E-state index in [1.165, 1.54) is 31.0 Å². The standard InChI is InChI=1S/C27H33N7O3.ClH.4H3N.4H2/c1-18-17-19(11-12-21(18)29-24(37)20-9-8-10-22(35)23(20)36)28-25-30-26(33-13-4-2-5-14-33)32-27(31-25)34-15-6-3-7-16-34;;;;;;;;;/h8-12,17,35-36H,2-7,13-16H2,1H3,(H,29,37)(H,28,30,31,32);1H;4*1H3;4*1H. The second-order valence-electron chi connectivity index (χ2n) is 9.64. The van der Waals surface area contributed by atoms with Crippen molar-refractivity contribution in [3.63, 3.8) is 0 Å². The molecule has 14 nitrogen and oxygen atoms in total. The number of halogens is 1. The summed E-state index contributed by atoms with van der Waals surface area (Å²) in [5.74, 6) is 0.631. The van der Waals surface area contributed by atoms with Crippen molar-refractivity contribution >= 4 is 47.5 Å². The Morgan fingerprint density at radius 3 is 1.88 bits per heavy atom. The number of amides is 1. The number of anilines is 5. The number of nitrogens with zero attached hydrogens (tertiary/aromatic N) is 5. The number of carbonyl (C=O) groups excluding carboxylic acids is 1. The van der Waals surface area contributed by atoms with Gasteiger partial charge >= 0.3 is 0 Å². The molecule has 1 aromatic heterocycles. The molecule has 3 aromatic rings. The molecule has 2 fully saturated rings. The van der Waals surface area contributed by atoms with Crippen LogP contribution in [0.2, 0.25) is 0 Å². The maximum absolute atomic E-state index is 12.7. The fraction of sp³-hybridized carbons (Fsp3) is 0.407. The average Bonchev–Trinajstić information content (AvgIpc) is 2.92. The first-order valence-electron chi connectivity index (χ1n) is 12.9. The number of piperidine rings is 2. The highest BCUT2D eigenvalue weighted by Crippen LogP contribution is 2.30. The molecule has 0 saturated carbocycles. The minimum Gasteiger partial charge on any atom is -0.504 e. The van der Waals surface area contributed by atoms with E-state index < -0.39 is 11.7 Å². The third-order valence-corrected chi connectivity index (χ3v) is 6.88. The first-order chi connectivity index (χ1) is 18.0. The molecular weight excluding hydrogens is 562 g/mol. The third-order valence-electron chi connectivity index (χ3n) is 6.88. The molecule has 42 heavy (non-hydrogen) atoms. The lowest BCUT2D eigenvalue weighted by Gasteiger charge is -2.30. The maximum atomic E-state index is 12.7. The average molecular weight is 616 g/mol. The number of aryl methyl sites for hydroxylation is 1. The van der Waals surface area contributed by atoms with Crippen molar-refractivity contribution in [2.45, 2.75) is 45.4 Å². The maximum Gasteiger partial charge on any atom is 0.259 e. The molecule has 16 N–H and O–H groups in total. The van der Waals surface area contributed by atoms with E-state index in [0.717, 1.165) is 63.1 Å². The van der Waals surface area contributed by atoms with Gasteiger partial charge in [-0.1, -0.05) is 6.07 Å². The first kappa shape index (κ1) is 38.0. The van der Waals surface area contributed by atoms with Gasteiger partial charge in [0, 0.05) is 43.3 Å². The van der Waals surface area contributed by atoms with Crippen LogP contribution in [0.3, 0.4) is 0 Å². The predicted octanol–water partition coefficient (Wildman–Crippen LogP) is 6.62. The highest BCUT2D eigenvalue weighted by molar-refractivity contribution is 6.07. The summed E-state index contributed by atoms with van der Waals surface area (Å²) in [5, 5.41) is 25.8. The SMILES string of the molecule is Cc1cc(Nc2nc(N3CCCCC3)nc(N3CCCCC3)n2)ccc1NC(=O)c1cccc(O)c1O.Cl.N.N.N.N.[HH].[HH].[HH].[HH]. The Morgan fingerprint density at radius 2 is 1.36 bits per heavy atom. The summed E-state index contributed by atoms with van der Waals surface area (Å²) < 4.78 is 0. The fourth-order valence-electron chi connectivity index (χ4n) is 4.80. The van der Waals surface area contributed by atoms with Crippen LogP contribution < -0.4 is 45.0 Å². The number of benzene rings is 2. The van der Waals surface area contributed by atoms with E-state index in [-0.39, 0.29) is 54.0 Å². The van der Waals surface area contributed by atoms with Crippen LogP contribution in [0.1, 0.15) is 60.2 Å². The molecule has 0 radical (unpaired) electrons. The van der Waals surface area contributed by atoms with Crippen molar-refractivity contribution in [3.05, 3.63) is 47.5 Å². The number of hydrogen-bond donors (Lipinski definition) is 8. The van der Waals surface area contributed by atoms with Gasteiger partial charge in [-0.2, -0.15) is 15.0 Å². The van der Waals surface area contributed by atoms with Crippen molar-refractivity contribution in [2.75, 3.05) is 46.6 Å². The molecule has 2 aromatic carbocycles. The molecule has 242 valence electrons. The Hall–Kier alpha value is -3.95. The van der Waals surface area contributed by atoms with Crippen molar-refractivity contribution in [1.29, 1.82) is 0 Å². The van der Waals surface area contributed by atoms with Gasteiger partial charge in [-0.15, -0.1) is 12.4 Å². The quantitative estimate of drug-likeness (QED) is 0.135. The van der Waals surface area contributed by atoms with Crippen molar-refractivity contribution < 1.29 is 20.7 Å². The molecule has 2 saturated heterocycles. The van der Waals surface area contributed by atoms with Gasteiger partial charge in [0.2, 0.25) is 17.8 Å². The zero-order chi connectivity index (χ0) is 25.8. The second kappa shape index (κ2) is 17.1. The lowest BCUT2D eigenvalue weighted by molar-refractivity contribution is 0.102. The molecule has 15 heteroatoms. The Morgan fingerprint density at radius 1 is 0.810 bits per heavy atom. The molecule has 1 amide bonds. The molecule has 0 bridgehead atoms. The molecule has 2 aliphatic rings. The summed E-state index contributed by atoms with van der Waals surface area (Å²) >= 11 is 0.